The van der Waals surface area contributed by atoms with Gasteiger partial charge in [-0.3, -0.25) is 0 Å². The maximum absolute atomic E-state index is 10.6. The minimum atomic E-state index is -5.08. The van der Waals surface area contributed by atoms with Gasteiger partial charge in [-0.15, -0.1) is 5.10 Å². The molecule has 0 radical (unpaired) electrons. The number of hydrogen-bond donors (Lipinski definition) is 2. The Bertz CT molecular complexity index is 1680. The van der Waals surface area contributed by atoms with Gasteiger partial charge in [0.25, 0.3) is 0 Å². The van der Waals surface area contributed by atoms with Crippen LogP contribution in [0.1, 0.15) is 36.6 Å². The second-order valence-corrected chi connectivity index (χ2v) is 9.91. The molecule has 43 heavy (non-hydrogen) atoms. The molecule has 0 spiro atoms. The molecule has 2 aromatic carbocycles. The fourth-order valence-electron chi connectivity index (χ4n) is 4.69. The predicted octanol–water partition coefficient (Wildman–Crippen LogP) is 6.00. The molecule has 1 unspecified atom stereocenters. The van der Waals surface area contributed by atoms with E-state index in [4.69, 9.17) is 36.3 Å². The zero-order chi connectivity index (χ0) is 30.6. The molecule has 0 fully saturated rings. The summed E-state index contributed by atoms with van der Waals surface area (Å²) in [5.74, 6) is -0.327. The summed E-state index contributed by atoms with van der Waals surface area (Å²) in [6.07, 6.45) is 5.29. The summed E-state index contributed by atoms with van der Waals surface area (Å²) in [7, 11) is 1.64. The van der Waals surface area contributed by atoms with E-state index < -0.39 is 12.1 Å². The van der Waals surface area contributed by atoms with Crippen LogP contribution in [0.15, 0.2) is 73.4 Å². The van der Waals surface area contributed by atoms with Crippen molar-refractivity contribution in [2.75, 3.05) is 12.4 Å². The van der Waals surface area contributed by atoms with Gasteiger partial charge in [0.2, 0.25) is 5.95 Å². The summed E-state index contributed by atoms with van der Waals surface area (Å²) in [6, 6.07) is 16.3. The predicted molar refractivity (Wildman–Crippen MR) is 151 cm³/mol. The van der Waals surface area contributed by atoms with Crippen LogP contribution in [0, 0.1) is 0 Å². The average Bonchev–Trinajstić information content (AvgIpc) is 3.73. The van der Waals surface area contributed by atoms with Crippen molar-refractivity contribution < 1.29 is 27.8 Å². The number of nitrogens with one attached hydrogen (secondary N) is 1. The van der Waals surface area contributed by atoms with Gasteiger partial charge in [-0.25, -0.2) is 19.1 Å². The van der Waals surface area contributed by atoms with Gasteiger partial charge in [0, 0.05) is 42.8 Å². The molecule has 0 amide bonds. The molecule has 0 saturated heterocycles. The van der Waals surface area contributed by atoms with Crippen molar-refractivity contribution in [3.63, 3.8) is 0 Å². The minimum absolute atomic E-state index is 0.185. The molecule has 224 valence electrons. The van der Waals surface area contributed by atoms with Crippen LogP contribution in [0.25, 0.3) is 11.4 Å². The molecule has 3 aromatic heterocycles. The number of imidazole rings is 1. The zero-order valence-corrected chi connectivity index (χ0v) is 23.5. The largest absolute Gasteiger partial charge is 0.494 e. The molecule has 11 nitrogen and oxygen atoms in total. The fourth-order valence-corrected chi connectivity index (χ4v) is 4.84. The summed E-state index contributed by atoms with van der Waals surface area (Å²) >= 11 is 5.98. The maximum atomic E-state index is 10.6. The van der Waals surface area contributed by atoms with E-state index in [1.54, 1.807) is 25.8 Å². The summed E-state index contributed by atoms with van der Waals surface area (Å²) < 4.78 is 43.1. The summed E-state index contributed by atoms with van der Waals surface area (Å²) in [5.41, 5.74) is 3.95. The third kappa shape index (κ3) is 6.97. The van der Waals surface area contributed by atoms with Gasteiger partial charge in [-0.1, -0.05) is 30.2 Å². The van der Waals surface area contributed by atoms with Crippen LogP contribution >= 0.6 is 11.6 Å². The van der Waals surface area contributed by atoms with Crippen molar-refractivity contribution in [3.8, 4) is 17.1 Å². The molecule has 2 N–H and O–H groups in total. The Balaban J connectivity index is 0.000000472. The Kier molecular flexibility index (Phi) is 8.66. The fraction of sp³-hybridized carbons (Fsp3) is 0.250. The highest BCUT2D eigenvalue weighted by Crippen LogP contribution is 2.34. The van der Waals surface area contributed by atoms with E-state index in [-0.39, 0.29) is 5.92 Å². The van der Waals surface area contributed by atoms with Gasteiger partial charge >= 0.3 is 12.1 Å². The first-order chi connectivity index (χ1) is 20.6. The number of anilines is 2. The number of halogens is 4. The van der Waals surface area contributed by atoms with Gasteiger partial charge in [0.15, 0.2) is 0 Å². The third-order valence-electron chi connectivity index (χ3n) is 6.70. The number of carboxylic acids is 1. The Labute approximate surface area is 248 Å². The van der Waals surface area contributed by atoms with E-state index in [0.29, 0.717) is 16.9 Å². The number of rotatable bonds is 6. The third-order valence-corrected chi connectivity index (χ3v) is 6.89. The highest BCUT2D eigenvalue weighted by Gasteiger charge is 2.38. The normalized spacial score (nSPS) is 14.7. The lowest BCUT2D eigenvalue weighted by Crippen LogP contribution is -2.21. The number of ether oxygens (including phenoxy) is 1. The summed E-state index contributed by atoms with van der Waals surface area (Å²) in [6.45, 7) is 0.857. The lowest BCUT2D eigenvalue weighted by atomic mass is 9.93. The van der Waals surface area contributed by atoms with Crippen molar-refractivity contribution in [3.05, 3.63) is 90.0 Å². The molecule has 0 aliphatic carbocycles. The van der Waals surface area contributed by atoms with Crippen molar-refractivity contribution in [1.29, 1.82) is 0 Å². The first kappa shape index (κ1) is 29.6. The number of methoxy groups -OCH3 is 1. The number of nitrogens with zero attached hydrogens (tertiary/aromatic N) is 7. The van der Waals surface area contributed by atoms with Crippen molar-refractivity contribution in [1.82, 2.24) is 34.1 Å². The van der Waals surface area contributed by atoms with Gasteiger partial charge in [-0.05, 0) is 48.7 Å². The van der Waals surface area contributed by atoms with Crippen molar-refractivity contribution >= 4 is 29.2 Å². The van der Waals surface area contributed by atoms with Crippen LogP contribution in [0.4, 0.5) is 24.8 Å². The number of fused-ring (bicyclic) bond motifs is 1. The van der Waals surface area contributed by atoms with Crippen molar-refractivity contribution in [2.24, 2.45) is 0 Å². The average molecular weight is 615 g/mol. The molecule has 1 atom stereocenters. The number of alkyl halides is 3. The van der Waals surface area contributed by atoms with Crippen LogP contribution < -0.4 is 10.1 Å². The Morgan fingerprint density at radius 2 is 1.93 bits per heavy atom. The summed E-state index contributed by atoms with van der Waals surface area (Å²) in [5, 5.41) is 20.0. The minimum Gasteiger partial charge on any atom is -0.494 e. The SMILES string of the molecule is COc1cc(Nc2nc3n(n2)CCCCC3c2ccc(-n3cccn3)cc2)ccc1-n1cnc(Cl)c1.O=C(O)C(F)(F)F. The maximum Gasteiger partial charge on any atom is 0.490 e. The molecule has 1 aliphatic rings. The van der Waals surface area contributed by atoms with Gasteiger partial charge in [-0.2, -0.15) is 23.3 Å². The zero-order valence-electron chi connectivity index (χ0n) is 22.7. The molecule has 0 bridgehead atoms. The van der Waals surface area contributed by atoms with Crippen LogP contribution in [-0.4, -0.2) is 58.5 Å². The molecular formula is C28H26ClF3N8O3. The second kappa shape index (κ2) is 12.6. The lowest BCUT2D eigenvalue weighted by molar-refractivity contribution is -0.192. The Morgan fingerprint density at radius 3 is 2.56 bits per heavy atom. The summed E-state index contributed by atoms with van der Waals surface area (Å²) in [4.78, 5) is 17.9. The molecule has 4 heterocycles. The molecule has 6 rings (SSSR count). The van der Waals surface area contributed by atoms with Gasteiger partial charge in [0.05, 0.1) is 18.5 Å². The highest BCUT2D eigenvalue weighted by molar-refractivity contribution is 6.29. The smallest absolute Gasteiger partial charge is 0.490 e. The number of aryl methyl sites for hydroxylation is 1. The molecule has 1 aliphatic heterocycles. The quantitative estimate of drug-likeness (QED) is 0.238. The number of carbonyl (C=O) groups is 1. The monoisotopic (exact) mass is 614 g/mol. The molecule has 5 aromatic rings. The first-order valence-electron chi connectivity index (χ1n) is 13.1. The van der Waals surface area contributed by atoms with Crippen LogP contribution in [-0.2, 0) is 11.3 Å². The molecule has 15 heteroatoms. The highest BCUT2D eigenvalue weighted by atomic mass is 35.5. The Hall–Kier alpha value is -4.85. The topological polar surface area (TPSA) is 125 Å². The number of hydrogen-bond acceptors (Lipinski definition) is 7. The second-order valence-electron chi connectivity index (χ2n) is 9.53. The van der Waals surface area contributed by atoms with Crippen LogP contribution in [0.5, 0.6) is 5.75 Å². The van der Waals surface area contributed by atoms with E-state index in [1.165, 1.54) is 5.56 Å². The van der Waals surface area contributed by atoms with Crippen LogP contribution in [0.3, 0.4) is 0 Å². The number of aromatic nitrogens is 7. The van der Waals surface area contributed by atoms with Crippen LogP contribution in [0.2, 0.25) is 5.15 Å². The van der Waals surface area contributed by atoms with E-state index in [1.807, 2.05) is 44.4 Å². The molecular weight excluding hydrogens is 589 g/mol. The lowest BCUT2D eigenvalue weighted by Gasteiger charge is -2.15. The molecule has 0 saturated carbocycles. The number of carboxylic acid groups (broad SMARTS) is 1. The van der Waals surface area contributed by atoms with Gasteiger partial charge < -0.3 is 19.7 Å². The number of benzene rings is 2. The van der Waals surface area contributed by atoms with E-state index >= 15 is 0 Å². The first-order valence-corrected chi connectivity index (χ1v) is 13.5. The van der Waals surface area contributed by atoms with E-state index in [2.05, 4.69) is 39.7 Å². The standard InChI is InChI=1S/C26H25ClN8O.C2HF3O2/c1-36-23-15-19(8-11-22(23)33-16-24(27)28-17-33)30-26-31-25-21(5-2-3-13-35(25)32-26)18-6-9-20(10-7-18)34-14-4-12-29-34;3-2(4,5)1(6)7/h4,6-12,14-17,21H,2-3,5,13H2,1H3,(H,30,32);(H,6,7). The van der Waals surface area contributed by atoms with E-state index in [9.17, 15) is 13.2 Å². The Morgan fingerprint density at radius 1 is 1.16 bits per heavy atom. The number of aliphatic carboxylic acids is 1. The van der Waals surface area contributed by atoms with Gasteiger partial charge in [0.1, 0.15) is 23.1 Å². The van der Waals surface area contributed by atoms with Crippen molar-refractivity contribution in [2.45, 2.75) is 37.9 Å². The van der Waals surface area contributed by atoms with E-state index in [0.717, 1.165) is 48.7 Å².